The number of nitrogens with two attached hydrogens (primary N) is 1. The lowest BCUT2D eigenvalue weighted by atomic mass is 10.2. The number of carbonyl (C=O) groups is 1. The third kappa shape index (κ3) is 4.49. The van der Waals surface area contributed by atoms with Gasteiger partial charge in [-0.1, -0.05) is 0 Å². The van der Waals surface area contributed by atoms with Crippen LogP contribution in [0.2, 0.25) is 0 Å². The smallest absolute Gasteiger partial charge is 0.422 e. The van der Waals surface area contributed by atoms with Gasteiger partial charge in [0, 0.05) is 32.4 Å². The number of hydrazine groups is 1. The Balaban J connectivity index is 1.84. The molecule has 0 aliphatic carbocycles. The van der Waals surface area contributed by atoms with Crippen molar-refractivity contribution in [3.8, 4) is 0 Å². The van der Waals surface area contributed by atoms with E-state index in [4.69, 9.17) is 10.5 Å². The quantitative estimate of drug-likeness (QED) is 0.853. The lowest BCUT2D eigenvalue weighted by Crippen LogP contribution is -2.54. The first-order chi connectivity index (χ1) is 9.85. The summed E-state index contributed by atoms with van der Waals surface area (Å²) in [6.07, 6.45) is 2.97. The minimum Gasteiger partial charge on any atom is -0.443 e. The summed E-state index contributed by atoms with van der Waals surface area (Å²) in [5.41, 5.74) is 9.86. The highest BCUT2D eigenvalue weighted by Crippen LogP contribution is 2.22. The van der Waals surface area contributed by atoms with E-state index in [1.807, 2.05) is 31.8 Å². The van der Waals surface area contributed by atoms with Crippen LogP contribution in [0.1, 0.15) is 20.8 Å². The topological polar surface area (TPSA) is 83.7 Å². The molecule has 1 aromatic heterocycles. The third-order valence-electron chi connectivity index (χ3n) is 3.10. The molecule has 1 fully saturated rings. The maximum atomic E-state index is 11.7. The molecule has 0 atom stereocenters. The van der Waals surface area contributed by atoms with Crippen LogP contribution in [0.5, 0.6) is 0 Å². The maximum Gasteiger partial charge on any atom is 0.422 e. The second-order valence-electron chi connectivity index (χ2n) is 6.02. The number of pyridine rings is 1. The first kappa shape index (κ1) is 15.4. The van der Waals surface area contributed by atoms with Crippen molar-refractivity contribution in [2.75, 3.05) is 36.8 Å². The number of amides is 1. The highest BCUT2D eigenvalue weighted by Gasteiger charge is 2.22. The summed E-state index contributed by atoms with van der Waals surface area (Å²) >= 11 is 0. The average molecular weight is 293 g/mol. The summed E-state index contributed by atoms with van der Waals surface area (Å²) in [7, 11) is 0. The van der Waals surface area contributed by atoms with Crippen LogP contribution in [0, 0.1) is 0 Å². The monoisotopic (exact) mass is 293 g/mol. The Morgan fingerprint density at radius 3 is 2.57 bits per heavy atom. The molecular weight excluding hydrogens is 270 g/mol. The average Bonchev–Trinajstić information content (AvgIpc) is 2.38. The van der Waals surface area contributed by atoms with Crippen molar-refractivity contribution in [2.45, 2.75) is 26.4 Å². The standard InChI is InChI=1S/C14H23N5O2/c1-14(2,3)21-13(20)17-19-8-6-18(7-9-19)12-4-5-16-10-11(12)15/h4-5,10H,6-9,15H2,1-3H3,(H,17,20). The number of rotatable bonds is 2. The van der Waals surface area contributed by atoms with E-state index < -0.39 is 11.7 Å². The van der Waals surface area contributed by atoms with Crippen molar-refractivity contribution in [2.24, 2.45) is 0 Å². The van der Waals surface area contributed by atoms with Crippen molar-refractivity contribution in [3.05, 3.63) is 18.5 Å². The molecule has 1 aromatic rings. The largest absolute Gasteiger partial charge is 0.443 e. The van der Waals surface area contributed by atoms with E-state index in [0.29, 0.717) is 18.8 Å². The predicted octanol–water partition coefficient (Wildman–Crippen LogP) is 1.23. The highest BCUT2D eigenvalue weighted by atomic mass is 16.6. The Labute approximate surface area is 125 Å². The third-order valence-corrected chi connectivity index (χ3v) is 3.10. The van der Waals surface area contributed by atoms with Gasteiger partial charge in [-0.25, -0.2) is 9.80 Å². The summed E-state index contributed by atoms with van der Waals surface area (Å²) in [6, 6.07) is 1.91. The maximum absolute atomic E-state index is 11.7. The molecule has 1 saturated heterocycles. The molecular formula is C14H23N5O2. The predicted molar refractivity (Wildman–Crippen MR) is 81.8 cm³/mol. The molecule has 3 N–H and O–H groups in total. The van der Waals surface area contributed by atoms with Crippen LogP contribution >= 0.6 is 0 Å². The van der Waals surface area contributed by atoms with Crippen LogP contribution in [-0.4, -0.2) is 47.9 Å². The fourth-order valence-electron chi connectivity index (χ4n) is 2.18. The van der Waals surface area contributed by atoms with Gasteiger partial charge in [-0.3, -0.25) is 10.4 Å². The molecule has 7 nitrogen and oxygen atoms in total. The van der Waals surface area contributed by atoms with E-state index in [2.05, 4.69) is 15.3 Å². The van der Waals surface area contributed by atoms with Gasteiger partial charge in [-0.15, -0.1) is 0 Å². The van der Waals surface area contributed by atoms with E-state index in [0.717, 1.165) is 18.8 Å². The lowest BCUT2D eigenvalue weighted by molar-refractivity contribution is 0.0321. The van der Waals surface area contributed by atoms with Gasteiger partial charge >= 0.3 is 6.09 Å². The second-order valence-corrected chi connectivity index (χ2v) is 6.02. The van der Waals surface area contributed by atoms with Crippen molar-refractivity contribution in [1.82, 2.24) is 15.4 Å². The summed E-state index contributed by atoms with van der Waals surface area (Å²) in [5, 5.41) is 1.86. The number of carbonyl (C=O) groups excluding carboxylic acids is 1. The number of nitrogen functional groups attached to an aromatic ring is 1. The van der Waals surface area contributed by atoms with E-state index in [1.165, 1.54) is 0 Å². The number of nitrogens with zero attached hydrogens (tertiary/aromatic N) is 3. The van der Waals surface area contributed by atoms with Crippen LogP contribution in [-0.2, 0) is 4.74 Å². The van der Waals surface area contributed by atoms with E-state index in [9.17, 15) is 4.79 Å². The molecule has 1 aliphatic heterocycles. The number of nitrogens with one attached hydrogen (secondary N) is 1. The number of anilines is 2. The molecule has 0 radical (unpaired) electrons. The Morgan fingerprint density at radius 2 is 2.00 bits per heavy atom. The molecule has 2 heterocycles. The SMILES string of the molecule is CC(C)(C)OC(=O)NN1CCN(c2ccncc2N)CC1. The zero-order valence-corrected chi connectivity index (χ0v) is 12.8. The molecule has 1 amide bonds. The number of hydrogen-bond donors (Lipinski definition) is 2. The lowest BCUT2D eigenvalue weighted by Gasteiger charge is -2.36. The van der Waals surface area contributed by atoms with Gasteiger partial charge in [0.25, 0.3) is 0 Å². The van der Waals surface area contributed by atoms with Gasteiger partial charge in [0.15, 0.2) is 0 Å². The molecule has 0 spiro atoms. The minimum atomic E-state index is -0.489. The molecule has 116 valence electrons. The molecule has 0 aromatic carbocycles. The van der Waals surface area contributed by atoms with Crippen molar-refractivity contribution < 1.29 is 9.53 Å². The van der Waals surface area contributed by atoms with Gasteiger partial charge in [0.1, 0.15) is 5.60 Å². The number of hydrogen-bond acceptors (Lipinski definition) is 6. The van der Waals surface area contributed by atoms with Gasteiger partial charge < -0.3 is 15.4 Å². The number of piperazine rings is 1. The minimum absolute atomic E-state index is 0.417. The Hall–Kier alpha value is -2.02. The summed E-state index contributed by atoms with van der Waals surface area (Å²) < 4.78 is 5.24. The van der Waals surface area contributed by atoms with Crippen LogP contribution in [0.4, 0.5) is 16.2 Å². The number of ether oxygens (including phenoxy) is 1. The highest BCUT2D eigenvalue weighted by molar-refractivity contribution is 5.67. The number of aromatic nitrogens is 1. The van der Waals surface area contributed by atoms with Gasteiger partial charge in [-0.2, -0.15) is 0 Å². The normalized spacial score (nSPS) is 16.6. The zero-order valence-electron chi connectivity index (χ0n) is 12.8. The van der Waals surface area contributed by atoms with E-state index >= 15 is 0 Å². The molecule has 21 heavy (non-hydrogen) atoms. The first-order valence-corrected chi connectivity index (χ1v) is 7.04. The van der Waals surface area contributed by atoms with Crippen LogP contribution in [0.15, 0.2) is 18.5 Å². The van der Waals surface area contributed by atoms with Crippen LogP contribution in [0.3, 0.4) is 0 Å². The molecule has 7 heteroatoms. The first-order valence-electron chi connectivity index (χ1n) is 7.04. The molecule has 1 aliphatic rings. The molecule has 0 saturated carbocycles. The Bertz CT molecular complexity index is 492. The second kappa shape index (κ2) is 6.17. The van der Waals surface area contributed by atoms with Crippen molar-refractivity contribution >= 4 is 17.5 Å². The molecule has 2 rings (SSSR count). The van der Waals surface area contributed by atoms with E-state index in [1.54, 1.807) is 12.4 Å². The van der Waals surface area contributed by atoms with Gasteiger partial charge in [0.2, 0.25) is 0 Å². The fraction of sp³-hybridized carbons (Fsp3) is 0.571. The summed E-state index contributed by atoms with van der Waals surface area (Å²) in [5.74, 6) is 0. The Kier molecular flexibility index (Phi) is 4.52. The van der Waals surface area contributed by atoms with Crippen LogP contribution in [0.25, 0.3) is 0 Å². The summed E-state index contributed by atoms with van der Waals surface area (Å²) in [6.45, 7) is 8.51. The van der Waals surface area contributed by atoms with E-state index in [-0.39, 0.29) is 0 Å². The van der Waals surface area contributed by atoms with Crippen molar-refractivity contribution in [1.29, 1.82) is 0 Å². The molecule has 0 unspecified atom stereocenters. The van der Waals surface area contributed by atoms with Crippen LogP contribution < -0.4 is 16.1 Å². The summed E-state index contributed by atoms with van der Waals surface area (Å²) in [4.78, 5) is 17.9. The van der Waals surface area contributed by atoms with Gasteiger partial charge in [-0.05, 0) is 26.8 Å². The Morgan fingerprint density at radius 1 is 1.33 bits per heavy atom. The van der Waals surface area contributed by atoms with Gasteiger partial charge in [0.05, 0.1) is 17.6 Å². The molecule has 0 bridgehead atoms. The zero-order chi connectivity index (χ0) is 15.5. The fourth-order valence-corrected chi connectivity index (χ4v) is 2.18. The van der Waals surface area contributed by atoms with Crippen molar-refractivity contribution in [3.63, 3.8) is 0 Å².